The number of nitrogens with zero attached hydrogens (tertiary/aromatic N) is 1. The average molecular weight is 475 g/mol. The van der Waals surface area contributed by atoms with Crippen molar-refractivity contribution in [1.29, 1.82) is 0 Å². The number of alkyl carbamates (subject to hydrolysis) is 1. The van der Waals surface area contributed by atoms with Crippen LogP contribution in [0.3, 0.4) is 0 Å². The highest BCUT2D eigenvalue weighted by Gasteiger charge is 2.35. The van der Waals surface area contributed by atoms with Crippen molar-refractivity contribution in [2.24, 2.45) is 5.73 Å². The standard InChI is InChI=1S/C25H38N4O5/c1-16-10-9-11-17(14-16)21(22(31)27-18-12-7-6-8-13-18)29(5)23(32)19(15-20(26)30)28-24(33)34-25(2,3)4/h9-11,14,18-19,21H,6-8,12-13,15H2,1-5H3,(H2,26,30)(H,27,31)(H,28,33). The summed E-state index contributed by atoms with van der Waals surface area (Å²) in [5, 5.41) is 5.53. The van der Waals surface area contributed by atoms with E-state index in [2.05, 4.69) is 10.6 Å². The highest BCUT2D eigenvalue weighted by molar-refractivity contribution is 5.94. The summed E-state index contributed by atoms with van der Waals surface area (Å²) in [6.07, 6.45) is 3.78. The van der Waals surface area contributed by atoms with E-state index in [0.29, 0.717) is 5.56 Å². The van der Waals surface area contributed by atoms with Crippen molar-refractivity contribution in [3.8, 4) is 0 Å². The number of nitrogens with two attached hydrogens (primary N) is 1. The van der Waals surface area contributed by atoms with Crippen molar-refractivity contribution in [2.45, 2.75) is 89.9 Å². The van der Waals surface area contributed by atoms with Crippen molar-refractivity contribution in [2.75, 3.05) is 7.05 Å². The second-order valence-electron chi connectivity index (χ2n) is 9.98. The number of likely N-dealkylation sites (N-methyl/N-ethyl adjacent to an activating group) is 1. The van der Waals surface area contributed by atoms with Crippen LogP contribution >= 0.6 is 0 Å². The maximum absolute atomic E-state index is 13.4. The first-order chi connectivity index (χ1) is 15.9. The van der Waals surface area contributed by atoms with Gasteiger partial charge in [-0.1, -0.05) is 49.1 Å². The minimum absolute atomic E-state index is 0.0540. The van der Waals surface area contributed by atoms with Gasteiger partial charge in [0.1, 0.15) is 17.7 Å². The summed E-state index contributed by atoms with van der Waals surface area (Å²) in [6.45, 7) is 6.97. The number of carbonyl (C=O) groups excluding carboxylic acids is 4. The number of rotatable bonds is 8. The Morgan fingerprint density at radius 1 is 1.15 bits per heavy atom. The molecule has 1 aromatic rings. The van der Waals surface area contributed by atoms with Crippen LogP contribution in [0.5, 0.6) is 0 Å². The second kappa shape index (κ2) is 11.9. The Morgan fingerprint density at radius 2 is 1.79 bits per heavy atom. The number of primary amides is 1. The molecule has 4 N–H and O–H groups in total. The third-order valence-electron chi connectivity index (χ3n) is 5.69. The third kappa shape index (κ3) is 8.35. The van der Waals surface area contributed by atoms with Crippen molar-refractivity contribution < 1.29 is 23.9 Å². The van der Waals surface area contributed by atoms with Crippen molar-refractivity contribution in [3.63, 3.8) is 0 Å². The van der Waals surface area contributed by atoms with E-state index in [1.165, 1.54) is 11.9 Å². The summed E-state index contributed by atoms with van der Waals surface area (Å²) in [5.74, 6) is -1.68. The topological polar surface area (TPSA) is 131 Å². The molecule has 2 unspecified atom stereocenters. The number of amides is 4. The Hall–Kier alpha value is -3.10. The fourth-order valence-electron chi connectivity index (χ4n) is 4.14. The molecule has 0 saturated heterocycles. The van der Waals surface area contributed by atoms with E-state index < -0.39 is 42.0 Å². The van der Waals surface area contributed by atoms with E-state index in [0.717, 1.165) is 37.7 Å². The Morgan fingerprint density at radius 3 is 2.35 bits per heavy atom. The number of aryl methyl sites for hydroxylation is 1. The van der Waals surface area contributed by atoms with Crippen molar-refractivity contribution in [1.82, 2.24) is 15.5 Å². The lowest BCUT2D eigenvalue weighted by Crippen LogP contribution is -2.53. The molecular formula is C25H38N4O5. The molecule has 0 heterocycles. The molecule has 188 valence electrons. The van der Waals surface area contributed by atoms with Gasteiger partial charge in [-0.2, -0.15) is 0 Å². The van der Waals surface area contributed by atoms with Gasteiger partial charge in [-0.3, -0.25) is 14.4 Å². The van der Waals surface area contributed by atoms with E-state index in [-0.39, 0.29) is 11.9 Å². The first-order valence-corrected chi connectivity index (χ1v) is 11.8. The fraction of sp³-hybridized carbons (Fsp3) is 0.600. The van der Waals surface area contributed by atoms with E-state index in [1.54, 1.807) is 26.8 Å². The zero-order chi connectivity index (χ0) is 25.5. The monoisotopic (exact) mass is 474 g/mol. The first kappa shape index (κ1) is 27.1. The molecule has 0 spiro atoms. The van der Waals surface area contributed by atoms with E-state index in [4.69, 9.17) is 10.5 Å². The number of benzene rings is 1. The van der Waals surface area contributed by atoms with Crippen LogP contribution < -0.4 is 16.4 Å². The van der Waals surface area contributed by atoms with Gasteiger partial charge >= 0.3 is 6.09 Å². The normalized spacial score (nSPS) is 16.1. The molecule has 1 aliphatic rings. The van der Waals surface area contributed by atoms with Crippen LogP contribution in [0.4, 0.5) is 4.79 Å². The molecule has 1 aromatic carbocycles. The summed E-state index contributed by atoms with van der Waals surface area (Å²) in [5.41, 5.74) is 6.13. The molecular weight excluding hydrogens is 436 g/mol. The predicted octanol–water partition coefficient (Wildman–Crippen LogP) is 2.71. The van der Waals surface area contributed by atoms with E-state index >= 15 is 0 Å². The molecule has 4 amide bonds. The molecule has 2 atom stereocenters. The Bertz CT molecular complexity index is 890. The third-order valence-corrected chi connectivity index (χ3v) is 5.69. The van der Waals surface area contributed by atoms with Gasteiger partial charge in [0.15, 0.2) is 0 Å². The summed E-state index contributed by atoms with van der Waals surface area (Å²) in [7, 11) is 1.49. The summed E-state index contributed by atoms with van der Waals surface area (Å²) >= 11 is 0. The number of nitrogens with one attached hydrogen (secondary N) is 2. The summed E-state index contributed by atoms with van der Waals surface area (Å²) in [4.78, 5) is 52.1. The Kier molecular flexibility index (Phi) is 9.46. The molecule has 1 saturated carbocycles. The SMILES string of the molecule is Cc1cccc(C(C(=O)NC2CCCCC2)N(C)C(=O)C(CC(N)=O)NC(=O)OC(C)(C)C)c1. The molecule has 34 heavy (non-hydrogen) atoms. The second-order valence-corrected chi connectivity index (χ2v) is 9.98. The number of carbonyl (C=O) groups is 4. The van der Waals surface area contributed by atoms with Crippen LogP contribution in [0.2, 0.25) is 0 Å². The first-order valence-electron chi connectivity index (χ1n) is 11.8. The lowest BCUT2D eigenvalue weighted by atomic mass is 9.94. The lowest BCUT2D eigenvalue weighted by molar-refractivity contribution is -0.142. The van der Waals surface area contributed by atoms with Crippen LogP contribution in [0.25, 0.3) is 0 Å². The van der Waals surface area contributed by atoms with E-state index in [1.807, 2.05) is 25.1 Å². The lowest BCUT2D eigenvalue weighted by Gasteiger charge is -2.33. The van der Waals surface area contributed by atoms with Crippen LogP contribution in [0.15, 0.2) is 24.3 Å². The molecule has 1 aliphatic carbocycles. The molecule has 9 nitrogen and oxygen atoms in total. The average Bonchev–Trinajstić information content (AvgIpc) is 2.72. The molecule has 9 heteroatoms. The van der Waals surface area contributed by atoms with Gasteiger partial charge in [-0.15, -0.1) is 0 Å². The molecule has 0 bridgehead atoms. The Labute approximate surface area is 201 Å². The molecule has 0 aliphatic heterocycles. The number of ether oxygens (including phenoxy) is 1. The summed E-state index contributed by atoms with van der Waals surface area (Å²) in [6, 6.07) is 5.20. The van der Waals surface area contributed by atoms with Crippen molar-refractivity contribution in [3.05, 3.63) is 35.4 Å². The van der Waals surface area contributed by atoms with Crippen LogP contribution in [-0.4, -0.2) is 53.4 Å². The molecule has 2 rings (SSSR count). The smallest absolute Gasteiger partial charge is 0.408 e. The van der Waals surface area contributed by atoms with Crippen molar-refractivity contribution >= 4 is 23.8 Å². The van der Waals surface area contributed by atoms with Crippen LogP contribution in [-0.2, 0) is 19.1 Å². The number of hydrogen-bond acceptors (Lipinski definition) is 5. The van der Waals surface area contributed by atoms with Crippen LogP contribution in [0, 0.1) is 6.92 Å². The predicted molar refractivity (Wildman–Crippen MR) is 129 cm³/mol. The van der Waals surface area contributed by atoms with Crippen LogP contribution in [0.1, 0.15) is 76.5 Å². The largest absolute Gasteiger partial charge is 0.444 e. The van der Waals surface area contributed by atoms with Gasteiger partial charge in [0.25, 0.3) is 0 Å². The summed E-state index contributed by atoms with van der Waals surface area (Å²) < 4.78 is 5.24. The van der Waals surface area contributed by atoms with Gasteiger partial charge < -0.3 is 26.0 Å². The highest BCUT2D eigenvalue weighted by atomic mass is 16.6. The van der Waals surface area contributed by atoms with Gasteiger partial charge in [0.05, 0.1) is 6.42 Å². The molecule has 1 fully saturated rings. The fourth-order valence-corrected chi connectivity index (χ4v) is 4.14. The number of hydrogen-bond donors (Lipinski definition) is 3. The maximum Gasteiger partial charge on any atom is 0.408 e. The minimum atomic E-state index is -1.27. The zero-order valence-electron chi connectivity index (χ0n) is 20.8. The molecule has 0 radical (unpaired) electrons. The molecule has 0 aromatic heterocycles. The minimum Gasteiger partial charge on any atom is -0.444 e. The van der Waals surface area contributed by atoms with Gasteiger partial charge in [-0.25, -0.2) is 4.79 Å². The quantitative estimate of drug-likeness (QED) is 0.533. The Balaban J connectivity index is 2.30. The zero-order valence-corrected chi connectivity index (χ0v) is 20.8. The van der Waals surface area contributed by atoms with Gasteiger partial charge in [0.2, 0.25) is 17.7 Å². The highest BCUT2D eigenvalue weighted by Crippen LogP contribution is 2.24. The maximum atomic E-state index is 13.4. The van der Waals surface area contributed by atoms with Gasteiger partial charge in [-0.05, 0) is 46.1 Å². The van der Waals surface area contributed by atoms with E-state index in [9.17, 15) is 19.2 Å². The van der Waals surface area contributed by atoms with Gasteiger partial charge in [0, 0.05) is 13.1 Å².